The minimum Gasteiger partial charge on any atom is -0.481 e. The molecule has 0 aromatic heterocycles. The van der Waals surface area contributed by atoms with Gasteiger partial charge in [-0.25, -0.2) is 0 Å². The summed E-state index contributed by atoms with van der Waals surface area (Å²) in [6.07, 6.45) is 17.6. The van der Waals surface area contributed by atoms with E-state index < -0.39 is 11.9 Å². The second kappa shape index (κ2) is 13.0. The molecule has 5 fully saturated rings. The Kier molecular flexibility index (Phi) is 9.64. The predicted molar refractivity (Wildman–Crippen MR) is 181 cm³/mol. The van der Waals surface area contributed by atoms with Gasteiger partial charge in [-0.1, -0.05) is 66.4 Å². The Labute approximate surface area is 278 Å². The summed E-state index contributed by atoms with van der Waals surface area (Å²) in [6, 6.07) is 0.662. The molecule has 0 heterocycles. The highest BCUT2D eigenvalue weighted by Crippen LogP contribution is 2.72. The summed E-state index contributed by atoms with van der Waals surface area (Å²) in [5, 5.41) is 13.2. The van der Waals surface area contributed by atoms with E-state index in [2.05, 4.69) is 39.9 Å². The normalized spacial score (nSPS) is 41.8. The molecule has 6 heteroatoms. The zero-order valence-corrected chi connectivity index (χ0v) is 29.8. The third-order valence-corrected chi connectivity index (χ3v) is 15.1. The van der Waals surface area contributed by atoms with Crippen LogP contribution < -0.4 is 5.32 Å². The number of carbonyl (C=O) groups is 3. The van der Waals surface area contributed by atoms with Crippen molar-refractivity contribution < 1.29 is 24.2 Å². The largest absolute Gasteiger partial charge is 0.481 e. The molecule has 6 rings (SSSR count). The number of carboxylic acid groups (broad SMARTS) is 1. The predicted octanol–water partition coefficient (Wildman–Crippen LogP) is 8.52. The maximum Gasteiger partial charge on any atom is 0.306 e. The van der Waals surface area contributed by atoms with Crippen LogP contribution in [0.25, 0.3) is 0 Å². The molecule has 6 aliphatic rings. The Hall–Kier alpha value is -1.69. The lowest BCUT2D eigenvalue weighted by atomic mass is 9.38. The average Bonchev–Trinajstić information content (AvgIpc) is 3.31. The maximum atomic E-state index is 13.8. The number of nitrogens with one attached hydrogen (secondary N) is 1. The molecule has 0 spiro atoms. The SMILES string of the molecule is CC(C)C1=C2C3CCC4C(C)(CC[C@H]5C(C)C(OC(=O)CC(C)C(=O)O)CCC45C)C3CCC2(CCNC2CCCCC2)CC1=O. The number of carbonyl (C=O) groups excluding carboxylic acids is 2. The van der Waals surface area contributed by atoms with E-state index >= 15 is 0 Å². The summed E-state index contributed by atoms with van der Waals surface area (Å²) in [6.45, 7) is 14.6. The molecular weight excluding hydrogens is 574 g/mol. The first-order chi connectivity index (χ1) is 21.8. The van der Waals surface area contributed by atoms with Gasteiger partial charge < -0.3 is 15.2 Å². The minimum absolute atomic E-state index is 0.0564. The quantitative estimate of drug-likeness (QED) is 0.246. The van der Waals surface area contributed by atoms with Crippen LogP contribution in [-0.4, -0.2) is 41.5 Å². The third-order valence-electron chi connectivity index (χ3n) is 15.1. The number of aliphatic carboxylic acids is 1. The van der Waals surface area contributed by atoms with Gasteiger partial charge in [0.25, 0.3) is 0 Å². The van der Waals surface area contributed by atoms with Gasteiger partial charge in [0, 0.05) is 17.9 Å². The zero-order chi connectivity index (χ0) is 33.0. The minimum atomic E-state index is -0.947. The lowest BCUT2D eigenvalue weighted by Gasteiger charge is -2.67. The van der Waals surface area contributed by atoms with Gasteiger partial charge in [-0.15, -0.1) is 0 Å². The standard InChI is InChI=1S/C40H63NO5/c1-24(2)35-31(42)23-40(20-21-41-27-10-8-7-9-11-27)19-15-30-28(36(35)40)12-13-33-38(5)18-16-32(46-34(43)22-25(3)37(44)45)26(4)29(38)14-17-39(30,33)6/h24-30,32-33,41H,7-23H2,1-6H3,(H,44,45)/t25?,26?,28?,29-,30?,32?,33?,38?,39?,40?/m0/s1. The monoisotopic (exact) mass is 637 g/mol. The number of esters is 1. The highest BCUT2D eigenvalue weighted by atomic mass is 16.5. The topological polar surface area (TPSA) is 92.7 Å². The van der Waals surface area contributed by atoms with Crippen molar-refractivity contribution in [1.82, 2.24) is 5.32 Å². The van der Waals surface area contributed by atoms with E-state index in [1.54, 1.807) is 12.5 Å². The molecular formula is C40H63NO5. The van der Waals surface area contributed by atoms with Crippen molar-refractivity contribution in [2.75, 3.05) is 6.54 Å². The van der Waals surface area contributed by atoms with Gasteiger partial charge in [0.1, 0.15) is 6.10 Å². The molecule has 6 nitrogen and oxygen atoms in total. The van der Waals surface area contributed by atoms with E-state index in [4.69, 9.17) is 4.74 Å². The van der Waals surface area contributed by atoms with E-state index in [-0.39, 0.29) is 40.7 Å². The summed E-state index contributed by atoms with van der Waals surface area (Å²) < 4.78 is 5.99. The molecule has 10 atom stereocenters. The van der Waals surface area contributed by atoms with Gasteiger partial charge in [-0.05, 0) is 129 Å². The van der Waals surface area contributed by atoms with Crippen LogP contribution in [0.1, 0.15) is 144 Å². The number of hydrogen-bond acceptors (Lipinski definition) is 5. The van der Waals surface area contributed by atoms with Gasteiger partial charge in [-0.3, -0.25) is 14.4 Å². The summed E-state index contributed by atoms with van der Waals surface area (Å²) in [5.74, 6) is 1.34. The Morgan fingerprint density at radius 2 is 1.59 bits per heavy atom. The van der Waals surface area contributed by atoms with E-state index in [0.717, 1.165) is 32.2 Å². The number of hydrogen-bond donors (Lipinski definition) is 2. The molecule has 9 unspecified atom stereocenters. The summed E-state index contributed by atoms with van der Waals surface area (Å²) in [4.78, 5) is 37.8. The lowest BCUT2D eigenvalue weighted by molar-refractivity contribution is -0.191. The van der Waals surface area contributed by atoms with Crippen LogP contribution in [0, 0.1) is 57.7 Å². The van der Waals surface area contributed by atoms with Gasteiger partial charge in [0.05, 0.1) is 12.3 Å². The van der Waals surface area contributed by atoms with Crippen LogP contribution in [0.4, 0.5) is 0 Å². The maximum absolute atomic E-state index is 13.8. The Morgan fingerprint density at radius 1 is 0.913 bits per heavy atom. The molecule has 0 saturated heterocycles. The number of ketones is 1. The van der Waals surface area contributed by atoms with Crippen LogP contribution in [0.2, 0.25) is 0 Å². The Balaban J connectivity index is 1.20. The number of carboxylic acids is 1. The lowest BCUT2D eigenvalue weighted by Crippen LogP contribution is -2.60. The molecule has 2 N–H and O–H groups in total. The van der Waals surface area contributed by atoms with Gasteiger partial charge in [0.2, 0.25) is 0 Å². The fourth-order valence-electron chi connectivity index (χ4n) is 12.9. The molecule has 0 amide bonds. The summed E-state index contributed by atoms with van der Waals surface area (Å²) >= 11 is 0. The zero-order valence-electron chi connectivity index (χ0n) is 29.8. The van der Waals surface area contributed by atoms with E-state index in [1.807, 2.05) is 0 Å². The smallest absolute Gasteiger partial charge is 0.306 e. The summed E-state index contributed by atoms with van der Waals surface area (Å²) in [7, 11) is 0. The molecule has 0 radical (unpaired) electrons. The van der Waals surface area contributed by atoms with Gasteiger partial charge in [-0.2, -0.15) is 0 Å². The van der Waals surface area contributed by atoms with Crippen molar-refractivity contribution in [3.8, 4) is 0 Å². The summed E-state index contributed by atoms with van der Waals surface area (Å²) in [5.41, 5.74) is 3.37. The van der Waals surface area contributed by atoms with Crippen LogP contribution >= 0.6 is 0 Å². The van der Waals surface area contributed by atoms with Crippen LogP contribution in [0.5, 0.6) is 0 Å². The Bertz CT molecular complexity index is 1220. The van der Waals surface area contributed by atoms with Crippen molar-refractivity contribution >= 4 is 17.7 Å². The van der Waals surface area contributed by atoms with Crippen LogP contribution in [-0.2, 0) is 19.1 Å². The van der Waals surface area contributed by atoms with Gasteiger partial charge in [0.15, 0.2) is 5.78 Å². The van der Waals surface area contributed by atoms with E-state index in [9.17, 15) is 19.5 Å². The highest BCUT2D eigenvalue weighted by molar-refractivity contribution is 6.00. The van der Waals surface area contributed by atoms with Crippen molar-refractivity contribution in [2.45, 2.75) is 156 Å². The molecule has 0 aromatic carbocycles. The van der Waals surface area contributed by atoms with Crippen LogP contribution in [0.15, 0.2) is 11.1 Å². The first kappa shape index (κ1) is 34.2. The molecule has 0 bridgehead atoms. The van der Waals surface area contributed by atoms with Crippen molar-refractivity contribution in [3.63, 3.8) is 0 Å². The molecule has 5 saturated carbocycles. The molecule has 0 aliphatic heterocycles. The van der Waals surface area contributed by atoms with Crippen LogP contribution in [0.3, 0.4) is 0 Å². The van der Waals surface area contributed by atoms with Crippen molar-refractivity contribution in [2.24, 2.45) is 57.7 Å². The molecule has 258 valence electrons. The Morgan fingerprint density at radius 3 is 2.28 bits per heavy atom. The molecule has 0 aromatic rings. The van der Waals surface area contributed by atoms with E-state index in [1.165, 1.54) is 76.2 Å². The first-order valence-corrected chi connectivity index (χ1v) is 19.2. The molecule has 46 heavy (non-hydrogen) atoms. The number of ether oxygens (including phenoxy) is 1. The number of fused-ring (bicyclic) bond motifs is 7. The fourth-order valence-corrected chi connectivity index (χ4v) is 12.9. The second-order valence-electron chi connectivity index (χ2n) is 17.8. The average molecular weight is 638 g/mol. The van der Waals surface area contributed by atoms with Crippen molar-refractivity contribution in [1.29, 1.82) is 0 Å². The molecule has 6 aliphatic carbocycles. The fraction of sp³-hybridized carbons (Fsp3) is 0.875. The number of Topliss-reactive ketones (excluding diaryl/α,β-unsaturated/α-hetero) is 1. The van der Waals surface area contributed by atoms with Crippen molar-refractivity contribution in [3.05, 3.63) is 11.1 Å². The van der Waals surface area contributed by atoms with Gasteiger partial charge >= 0.3 is 11.9 Å². The number of rotatable bonds is 9. The van der Waals surface area contributed by atoms with E-state index in [0.29, 0.717) is 41.4 Å². The number of allylic oxidation sites excluding steroid dienone is 2. The second-order valence-corrected chi connectivity index (χ2v) is 17.8. The highest BCUT2D eigenvalue weighted by Gasteiger charge is 2.64. The first-order valence-electron chi connectivity index (χ1n) is 19.2. The third kappa shape index (κ3) is 5.83.